The largest absolute Gasteiger partial charge is 0.482 e. The van der Waals surface area contributed by atoms with Gasteiger partial charge in [-0.3, -0.25) is 9.52 Å². The summed E-state index contributed by atoms with van der Waals surface area (Å²) in [6.45, 7) is 2.11. The Morgan fingerprint density at radius 1 is 1.22 bits per heavy atom. The van der Waals surface area contributed by atoms with Crippen molar-refractivity contribution < 1.29 is 27.5 Å². The van der Waals surface area contributed by atoms with Crippen LogP contribution >= 0.6 is 0 Å². The molecule has 3 rings (SSSR count). The lowest BCUT2D eigenvalue weighted by Gasteiger charge is -2.18. The van der Waals surface area contributed by atoms with E-state index in [1.165, 1.54) is 42.5 Å². The molecule has 8 nitrogen and oxygen atoms in total. The van der Waals surface area contributed by atoms with Crippen molar-refractivity contribution >= 4 is 33.3 Å². The molecular formula is C18H18N2O6S. The number of nitrogens with one attached hydrogen (secondary N) is 2. The second-order valence-corrected chi connectivity index (χ2v) is 7.50. The van der Waals surface area contributed by atoms with Crippen LogP contribution in [0, 0.1) is 0 Å². The number of fused-ring (bicyclic) bond motifs is 1. The molecule has 9 heteroatoms. The van der Waals surface area contributed by atoms with Gasteiger partial charge in [0.1, 0.15) is 5.75 Å². The van der Waals surface area contributed by atoms with Gasteiger partial charge in [0.25, 0.3) is 15.9 Å². The quantitative estimate of drug-likeness (QED) is 0.733. The number of benzene rings is 2. The standard InChI is InChI=1S/C18H18N2O6S/c1-2-9-25-18(22)12-3-5-13(6-4-12)20-27(23,24)14-7-8-16-15(10-14)19-17(21)11-26-16/h3-8,10,20H,2,9,11H2,1H3,(H,19,21). The number of ether oxygens (including phenoxy) is 2. The van der Waals surface area contributed by atoms with Crippen LogP contribution < -0.4 is 14.8 Å². The number of hydrogen-bond acceptors (Lipinski definition) is 6. The Bertz CT molecular complexity index is 970. The second-order valence-electron chi connectivity index (χ2n) is 5.81. The fourth-order valence-corrected chi connectivity index (χ4v) is 3.48. The maximum atomic E-state index is 12.6. The van der Waals surface area contributed by atoms with Crippen molar-refractivity contribution in [3.63, 3.8) is 0 Å². The van der Waals surface area contributed by atoms with Gasteiger partial charge in [-0.05, 0) is 48.9 Å². The molecule has 0 saturated carbocycles. The SMILES string of the molecule is CCCOC(=O)c1ccc(NS(=O)(=O)c2ccc3c(c2)NC(=O)CO3)cc1. The van der Waals surface area contributed by atoms with Gasteiger partial charge in [0.2, 0.25) is 0 Å². The zero-order valence-corrected chi connectivity index (χ0v) is 15.3. The number of esters is 1. The summed E-state index contributed by atoms with van der Waals surface area (Å²) in [6.07, 6.45) is 0.718. The third-order valence-corrected chi connectivity index (χ3v) is 5.08. The van der Waals surface area contributed by atoms with E-state index in [1.807, 2.05) is 6.92 Å². The Kier molecular flexibility index (Phi) is 5.31. The van der Waals surface area contributed by atoms with Crippen molar-refractivity contribution in [2.45, 2.75) is 18.2 Å². The first-order chi connectivity index (χ1) is 12.9. The highest BCUT2D eigenvalue weighted by molar-refractivity contribution is 7.92. The first kappa shape index (κ1) is 18.7. The van der Waals surface area contributed by atoms with Gasteiger partial charge in [0, 0.05) is 5.69 Å². The molecule has 1 aliphatic rings. The molecule has 1 amide bonds. The molecule has 1 heterocycles. The van der Waals surface area contributed by atoms with Crippen LogP contribution in [0.5, 0.6) is 5.75 Å². The van der Waals surface area contributed by atoms with Crippen LogP contribution in [0.2, 0.25) is 0 Å². The minimum atomic E-state index is -3.88. The molecule has 0 unspecified atom stereocenters. The highest BCUT2D eigenvalue weighted by Gasteiger charge is 2.21. The van der Waals surface area contributed by atoms with Gasteiger partial charge in [0.15, 0.2) is 6.61 Å². The molecule has 0 radical (unpaired) electrons. The molecule has 0 aromatic heterocycles. The van der Waals surface area contributed by atoms with E-state index in [4.69, 9.17) is 9.47 Å². The molecule has 0 fully saturated rings. The Morgan fingerprint density at radius 3 is 2.67 bits per heavy atom. The molecule has 0 aliphatic carbocycles. The van der Waals surface area contributed by atoms with Crippen molar-refractivity contribution in [3.05, 3.63) is 48.0 Å². The van der Waals surface area contributed by atoms with Crippen LogP contribution in [0.15, 0.2) is 47.4 Å². The molecule has 142 valence electrons. The van der Waals surface area contributed by atoms with Crippen LogP contribution in [-0.2, 0) is 19.6 Å². The van der Waals surface area contributed by atoms with Gasteiger partial charge < -0.3 is 14.8 Å². The maximum Gasteiger partial charge on any atom is 0.338 e. The van der Waals surface area contributed by atoms with E-state index >= 15 is 0 Å². The lowest BCUT2D eigenvalue weighted by Crippen LogP contribution is -2.25. The first-order valence-electron chi connectivity index (χ1n) is 8.26. The molecule has 0 saturated heterocycles. The Balaban J connectivity index is 1.76. The molecular weight excluding hydrogens is 372 g/mol. The van der Waals surface area contributed by atoms with Gasteiger partial charge in [-0.1, -0.05) is 6.92 Å². The van der Waals surface area contributed by atoms with E-state index in [-0.39, 0.29) is 17.4 Å². The van der Waals surface area contributed by atoms with E-state index < -0.39 is 16.0 Å². The molecule has 0 atom stereocenters. The second kappa shape index (κ2) is 7.67. The molecule has 27 heavy (non-hydrogen) atoms. The summed E-state index contributed by atoms with van der Waals surface area (Å²) >= 11 is 0. The van der Waals surface area contributed by atoms with Crippen molar-refractivity contribution in [1.82, 2.24) is 0 Å². The molecule has 0 spiro atoms. The topological polar surface area (TPSA) is 111 Å². The average molecular weight is 390 g/mol. The average Bonchev–Trinajstić information content (AvgIpc) is 2.65. The minimum Gasteiger partial charge on any atom is -0.482 e. The molecule has 2 N–H and O–H groups in total. The summed E-state index contributed by atoms with van der Waals surface area (Å²) in [6, 6.07) is 10.1. The monoisotopic (exact) mass is 390 g/mol. The van der Waals surface area contributed by atoms with Crippen LogP contribution in [0.4, 0.5) is 11.4 Å². The predicted octanol–water partition coefficient (Wildman–Crippen LogP) is 2.39. The fraction of sp³-hybridized carbons (Fsp3) is 0.222. The summed E-state index contributed by atoms with van der Waals surface area (Å²) in [7, 11) is -3.88. The maximum absolute atomic E-state index is 12.6. The number of sulfonamides is 1. The van der Waals surface area contributed by atoms with Gasteiger partial charge >= 0.3 is 5.97 Å². The van der Waals surface area contributed by atoms with Gasteiger partial charge in [-0.15, -0.1) is 0 Å². The summed E-state index contributed by atoms with van der Waals surface area (Å²) in [5.41, 5.74) is 0.920. The van der Waals surface area contributed by atoms with Crippen LogP contribution in [0.3, 0.4) is 0 Å². The summed E-state index contributed by atoms with van der Waals surface area (Å²) in [5, 5.41) is 2.57. The van der Waals surface area contributed by atoms with E-state index in [2.05, 4.69) is 10.0 Å². The zero-order chi connectivity index (χ0) is 19.4. The molecule has 2 aromatic rings. The number of carbonyl (C=O) groups is 2. The van der Waals surface area contributed by atoms with Crippen molar-refractivity contribution in [1.29, 1.82) is 0 Å². The molecule has 0 bridgehead atoms. The normalized spacial score (nSPS) is 13.1. The van der Waals surface area contributed by atoms with E-state index in [9.17, 15) is 18.0 Å². The number of anilines is 2. The third kappa shape index (κ3) is 4.37. The summed E-state index contributed by atoms with van der Waals surface area (Å²) in [5.74, 6) is -0.407. The first-order valence-corrected chi connectivity index (χ1v) is 9.74. The lowest BCUT2D eigenvalue weighted by atomic mass is 10.2. The number of hydrogen-bond donors (Lipinski definition) is 2. The smallest absolute Gasteiger partial charge is 0.338 e. The Labute approximate surface area is 156 Å². The molecule has 1 aliphatic heterocycles. The predicted molar refractivity (Wildman–Crippen MR) is 98.4 cm³/mol. The van der Waals surface area contributed by atoms with E-state index in [0.29, 0.717) is 29.3 Å². The van der Waals surface area contributed by atoms with Gasteiger partial charge in [-0.2, -0.15) is 0 Å². The third-order valence-electron chi connectivity index (χ3n) is 3.70. The highest BCUT2D eigenvalue weighted by Crippen LogP contribution is 2.30. The Morgan fingerprint density at radius 2 is 1.96 bits per heavy atom. The minimum absolute atomic E-state index is 0.0292. The lowest BCUT2D eigenvalue weighted by molar-refractivity contribution is -0.118. The van der Waals surface area contributed by atoms with Crippen molar-refractivity contribution in [3.8, 4) is 5.75 Å². The molecule has 2 aromatic carbocycles. The summed E-state index contributed by atoms with van der Waals surface area (Å²) < 4.78 is 37.8. The fourth-order valence-electron chi connectivity index (χ4n) is 2.40. The zero-order valence-electron chi connectivity index (χ0n) is 14.5. The van der Waals surface area contributed by atoms with Crippen LogP contribution in [-0.4, -0.2) is 33.5 Å². The van der Waals surface area contributed by atoms with Crippen molar-refractivity contribution in [2.75, 3.05) is 23.3 Å². The number of amides is 1. The number of rotatable bonds is 6. The summed E-state index contributed by atoms with van der Waals surface area (Å²) in [4.78, 5) is 23.1. The van der Waals surface area contributed by atoms with Crippen LogP contribution in [0.1, 0.15) is 23.7 Å². The highest BCUT2D eigenvalue weighted by atomic mass is 32.2. The Hall–Kier alpha value is -3.07. The van der Waals surface area contributed by atoms with Crippen molar-refractivity contribution in [2.24, 2.45) is 0 Å². The van der Waals surface area contributed by atoms with E-state index in [1.54, 1.807) is 0 Å². The number of carbonyl (C=O) groups excluding carboxylic acids is 2. The van der Waals surface area contributed by atoms with Gasteiger partial charge in [-0.25, -0.2) is 13.2 Å². The van der Waals surface area contributed by atoms with E-state index in [0.717, 1.165) is 6.42 Å². The van der Waals surface area contributed by atoms with Crippen LogP contribution in [0.25, 0.3) is 0 Å². The van der Waals surface area contributed by atoms with Gasteiger partial charge in [0.05, 0.1) is 22.8 Å².